The van der Waals surface area contributed by atoms with Crippen LogP contribution in [0.1, 0.15) is 25.6 Å². The molecule has 2 N–H and O–H groups in total. The van der Waals surface area contributed by atoms with E-state index in [4.69, 9.17) is 5.73 Å². The summed E-state index contributed by atoms with van der Waals surface area (Å²) < 4.78 is 1.88. The Kier molecular flexibility index (Phi) is 4.49. The molecule has 0 saturated heterocycles. The predicted octanol–water partition coefficient (Wildman–Crippen LogP) is 0.907. The van der Waals surface area contributed by atoms with Crippen molar-refractivity contribution in [1.82, 2.24) is 9.55 Å². The Morgan fingerprint density at radius 1 is 1.67 bits per heavy atom. The highest BCUT2D eigenvalue weighted by Crippen LogP contribution is 2.09. The van der Waals surface area contributed by atoms with Gasteiger partial charge in [-0.05, 0) is 12.5 Å². The maximum Gasteiger partial charge on any atom is 0.140 e. The fourth-order valence-corrected chi connectivity index (χ4v) is 1.53. The van der Waals surface area contributed by atoms with Crippen LogP contribution in [0.2, 0.25) is 0 Å². The molecular weight excluding hydrogens is 190 g/mol. The second-order valence-electron chi connectivity index (χ2n) is 3.88. The average Bonchev–Trinajstić information content (AvgIpc) is 2.61. The van der Waals surface area contributed by atoms with Crippen molar-refractivity contribution in [1.29, 1.82) is 0 Å². The molecule has 1 aromatic rings. The molecule has 0 saturated carbocycles. The fraction of sp³-hybridized carbons (Fsp3) is 0.636. The Balaban J connectivity index is 2.46. The van der Waals surface area contributed by atoms with E-state index in [0.717, 1.165) is 12.2 Å². The van der Waals surface area contributed by atoms with Gasteiger partial charge in [-0.15, -0.1) is 0 Å². The number of ketones is 1. The summed E-state index contributed by atoms with van der Waals surface area (Å²) in [5.41, 5.74) is 5.56. The largest absolute Gasteiger partial charge is 0.338 e. The third kappa shape index (κ3) is 3.47. The summed E-state index contributed by atoms with van der Waals surface area (Å²) in [4.78, 5) is 15.8. The number of hydrogen-bond acceptors (Lipinski definition) is 3. The van der Waals surface area contributed by atoms with E-state index in [1.54, 1.807) is 6.20 Å². The molecule has 1 aromatic heterocycles. The van der Waals surface area contributed by atoms with E-state index in [0.29, 0.717) is 25.3 Å². The van der Waals surface area contributed by atoms with Gasteiger partial charge < -0.3 is 10.3 Å². The normalized spacial score (nSPS) is 12.7. The van der Waals surface area contributed by atoms with Gasteiger partial charge in [0.25, 0.3) is 0 Å². The van der Waals surface area contributed by atoms with E-state index < -0.39 is 0 Å². The highest BCUT2D eigenvalue weighted by molar-refractivity contribution is 5.80. The zero-order valence-corrected chi connectivity index (χ0v) is 9.44. The molecule has 4 nitrogen and oxygen atoms in total. The molecule has 0 aliphatic heterocycles. The number of nitrogens with two attached hydrogens (primary N) is 1. The molecular formula is C11H19N3O. The Morgan fingerprint density at radius 2 is 2.40 bits per heavy atom. The minimum atomic E-state index is 0.224. The Labute approximate surface area is 90.5 Å². The highest BCUT2D eigenvalue weighted by atomic mass is 16.1. The molecule has 0 aliphatic rings. The van der Waals surface area contributed by atoms with Crippen LogP contribution in [0, 0.1) is 5.92 Å². The minimum absolute atomic E-state index is 0.224. The van der Waals surface area contributed by atoms with E-state index >= 15 is 0 Å². The lowest BCUT2D eigenvalue weighted by Gasteiger charge is -2.10. The molecule has 0 fully saturated rings. The maximum atomic E-state index is 11.7. The molecule has 0 aliphatic carbocycles. The molecule has 0 radical (unpaired) electrons. The van der Waals surface area contributed by atoms with Crippen molar-refractivity contribution in [3.63, 3.8) is 0 Å². The third-order valence-electron chi connectivity index (χ3n) is 2.70. The minimum Gasteiger partial charge on any atom is -0.338 e. The molecule has 0 bridgehead atoms. The summed E-state index contributed by atoms with van der Waals surface area (Å²) >= 11 is 0. The van der Waals surface area contributed by atoms with Gasteiger partial charge in [-0.3, -0.25) is 4.79 Å². The van der Waals surface area contributed by atoms with Gasteiger partial charge in [0.05, 0.1) is 6.42 Å². The molecule has 1 atom stereocenters. The zero-order chi connectivity index (χ0) is 11.3. The summed E-state index contributed by atoms with van der Waals surface area (Å²) in [6.45, 7) is 2.65. The number of aryl methyl sites for hydroxylation is 1. The van der Waals surface area contributed by atoms with Gasteiger partial charge in [0.1, 0.15) is 11.6 Å². The first-order valence-corrected chi connectivity index (χ1v) is 5.35. The number of carbonyl (C=O) groups is 1. The lowest BCUT2D eigenvalue weighted by atomic mass is 9.98. The Bertz CT molecular complexity index is 315. The van der Waals surface area contributed by atoms with Crippen LogP contribution in [0.25, 0.3) is 0 Å². The van der Waals surface area contributed by atoms with Crippen molar-refractivity contribution < 1.29 is 4.79 Å². The summed E-state index contributed by atoms with van der Waals surface area (Å²) in [6.07, 6.45) is 5.51. The van der Waals surface area contributed by atoms with Crippen LogP contribution in [-0.2, 0) is 18.3 Å². The summed E-state index contributed by atoms with van der Waals surface area (Å²) in [5.74, 6) is 1.37. The SMILES string of the molecule is CCC(CN)CC(=O)Cc1nccn1C. The van der Waals surface area contributed by atoms with E-state index in [-0.39, 0.29) is 5.78 Å². The van der Waals surface area contributed by atoms with Crippen LogP contribution in [-0.4, -0.2) is 21.9 Å². The molecule has 1 unspecified atom stereocenters. The molecule has 0 spiro atoms. The molecule has 0 aromatic carbocycles. The van der Waals surface area contributed by atoms with Gasteiger partial charge in [-0.25, -0.2) is 4.98 Å². The first kappa shape index (κ1) is 11.9. The lowest BCUT2D eigenvalue weighted by molar-refractivity contribution is -0.119. The van der Waals surface area contributed by atoms with Crippen LogP contribution < -0.4 is 5.73 Å². The van der Waals surface area contributed by atoms with E-state index in [1.165, 1.54) is 0 Å². The number of rotatable bonds is 6. The molecule has 1 rings (SSSR count). The topological polar surface area (TPSA) is 60.9 Å². The molecule has 15 heavy (non-hydrogen) atoms. The van der Waals surface area contributed by atoms with Gasteiger partial charge in [-0.1, -0.05) is 13.3 Å². The first-order chi connectivity index (χ1) is 7.17. The second-order valence-corrected chi connectivity index (χ2v) is 3.88. The molecule has 1 heterocycles. The lowest BCUT2D eigenvalue weighted by Crippen LogP contribution is -2.19. The smallest absolute Gasteiger partial charge is 0.140 e. The van der Waals surface area contributed by atoms with Gasteiger partial charge in [-0.2, -0.15) is 0 Å². The van der Waals surface area contributed by atoms with Crippen molar-refractivity contribution in [2.45, 2.75) is 26.2 Å². The summed E-state index contributed by atoms with van der Waals surface area (Å²) in [5, 5.41) is 0. The Hall–Kier alpha value is -1.16. The van der Waals surface area contributed by atoms with Gasteiger partial charge in [0.2, 0.25) is 0 Å². The predicted molar refractivity (Wildman–Crippen MR) is 59.4 cm³/mol. The first-order valence-electron chi connectivity index (χ1n) is 5.35. The second kappa shape index (κ2) is 5.66. The molecule has 4 heteroatoms. The quantitative estimate of drug-likeness (QED) is 0.757. The number of carbonyl (C=O) groups excluding carboxylic acids is 1. The fourth-order valence-electron chi connectivity index (χ4n) is 1.53. The van der Waals surface area contributed by atoms with Crippen molar-refractivity contribution in [3.05, 3.63) is 18.2 Å². The van der Waals surface area contributed by atoms with Crippen LogP contribution in [0.5, 0.6) is 0 Å². The number of imidazole rings is 1. The molecule has 0 amide bonds. The number of hydrogen-bond donors (Lipinski definition) is 1. The Morgan fingerprint density at radius 3 is 2.87 bits per heavy atom. The van der Waals surface area contributed by atoms with Crippen LogP contribution >= 0.6 is 0 Å². The van der Waals surface area contributed by atoms with Crippen molar-refractivity contribution in [2.24, 2.45) is 18.7 Å². The number of nitrogens with zero attached hydrogens (tertiary/aromatic N) is 2. The van der Waals surface area contributed by atoms with Gasteiger partial charge >= 0.3 is 0 Å². The standard InChI is InChI=1S/C11H19N3O/c1-3-9(8-12)6-10(15)7-11-13-4-5-14(11)2/h4-5,9H,3,6-8,12H2,1-2H3. The van der Waals surface area contributed by atoms with Crippen LogP contribution in [0.4, 0.5) is 0 Å². The van der Waals surface area contributed by atoms with Crippen LogP contribution in [0.3, 0.4) is 0 Å². The monoisotopic (exact) mass is 209 g/mol. The zero-order valence-electron chi connectivity index (χ0n) is 9.44. The molecule has 84 valence electrons. The van der Waals surface area contributed by atoms with E-state index in [9.17, 15) is 4.79 Å². The van der Waals surface area contributed by atoms with E-state index in [2.05, 4.69) is 11.9 Å². The summed E-state index contributed by atoms with van der Waals surface area (Å²) in [7, 11) is 1.90. The van der Waals surface area contributed by atoms with Gasteiger partial charge in [0, 0.05) is 25.9 Å². The van der Waals surface area contributed by atoms with Crippen molar-refractivity contribution in [2.75, 3.05) is 6.54 Å². The average molecular weight is 209 g/mol. The number of aromatic nitrogens is 2. The van der Waals surface area contributed by atoms with Crippen LogP contribution in [0.15, 0.2) is 12.4 Å². The van der Waals surface area contributed by atoms with E-state index in [1.807, 2.05) is 17.8 Å². The summed E-state index contributed by atoms with van der Waals surface area (Å²) in [6, 6.07) is 0. The maximum absolute atomic E-state index is 11.7. The van der Waals surface area contributed by atoms with Gasteiger partial charge in [0.15, 0.2) is 0 Å². The number of Topliss-reactive ketones (excluding diaryl/α,β-unsaturated/α-hetero) is 1. The highest BCUT2D eigenvalue weighted by Gasteiger charge is 2.12. The van der Waals surface area contributed by atoms with Crippen molar-refractivity contribution >= 4 is 5.78 Å². The third-order valence-corrected chi connectivity index (χ3v) is 2.70. The van der Waals surface area contributed by atoms with Crippen molar-refractivity contribution in [3.8, 4) is 0 Å².